The normalized spacial score (nSPS) is 18.5. The lowest BCUT2D eigenvalue weighted by molar-refractivity contribution is 0.0705. The van der Waals surface area contributed by atoms with Gasteiger partial charge in [0.15, 0.2) is 0 Å². The van der Waals surface area contributed by atoms with Gasteiger partial charge in [0.05, 0.1) is 25.5 Å². The quantitative estimate of drug-likeness (QED) is 0.583. The van der Waals surface area contributed by atoms with E-state index in [0.717, 1.165) is 11.3 Å². The summed E-state index contributed by atoms with van der Waals surface area (Å²) in [4.78, 5) is 42.9. The zero-order valence-electron chi connectivity index (χ0n) is 21.8. The molecule has 0 saturated carbocycles. The van der Waals surface area contributed by atoms with E-state index in [1.165, 1.54) is 14.2 Å². The molecule has 0 atom stereocenters. The molecule has 2 aromatic carbocycles. The van der Waals surface area contributed by atoms with E-state index >= 15 is 0 Å². The smallest absolute Gasteiger partial charge is 0.414 e. The number of nitrogens with zero attached hydrogens (tertiary/aromatic N) is 3. The van der Waals surface area contributed by atoms with E-state index in [-0.39, 0.29) is 36.8 Å². The lowest BCUT2D eigenvalue weighted by Crippen LogP contribution is -2.50. The fourth-order valence-corrected chi connectivity index (χ4v) is 5.42. The van der Waals surface area contributed by atoms with Gasteiger partial charge in [-0.1, -0.05) is 18.2 Å². The van der Waals surface area contributed by atoms with Gasteiger partial charge < -0.3 is 28.7 Å². The largest absolute Gasteiger partial charge is 0.496 e. The Morgan fingerprint density at radius 2 is 1.63 bits per heavy atom. The van der Waals surface area contributed by atoms with Crippen molar-refractivity contribution in [2.45, 2.75) is 44.4 Å². The molecule has 202 valence electrons. The van der Waals surface area contributed by atoms with Crippen molar-refractivity contribution < 1.29 is 33.3 Å². The van der Waals surface area contributed by atoms with E-state index in [1.54, 1.807) is 32.9 Å². The van der Waals surface area contributed by atoms with Crippen LogP contribution in [0.25, 0.3) is 0 Å². The predicted octanol–water partition coefficient (Wildman–Crippen LogP) is 4.07. The Hall–Kier alpha value is -3.95. The van der Waals surface area contributed by atoms with Crippen LogP contribution in [-0.2, 0) is 16.1 Å². The van der Waals surface area contributed by atoms with Gasteiger partial charge >= 0.3 is 12.2 Å². The number of benzene rings is 2. The first-order valence-electron chi connectivity index (χ1n) is 13.0. The average Bonchev–Trinajstić information content (AvgIpc) is 2.97. The fourth-order valence-electron chi connectivity index (χ4n) is 5.42. The topological polar surface area (TPSA) is 97.9 Å². The zero-order chi connectivity index (χ0) is 26.6. The van der Waals surface area contributed by atoms with Crippen molar-refractivity contribution in [3.63, 3.8) is 0 Å². The van der Waals surface area contributed by atoms with Gasteiger partial charge in [0.25, 0.3) is 5.91 Å². The van der Waals surface area contributed by atoms with Gasteiger partial charge in [0.2, 0.25) is 0 Å². The second kappa shape index (κ2) is 11.2. The van der Waals surface area contributed by atoms with Crippen LogP contribution in [0.3, 0.4) is 0 Å². The number of anilines is 1. The molecular formula is C28H33N3O7. The molecule has 0 N–H and O–H groups in total. The van der Waals surface area contributed by atoms with Crippen LogP contribution in [0.2, 0.25) is 0 Å². The molecular weight excluding hydrogens is 490 g/mol. The third-order valence-electron chi connectivity index (χ3n) is 7.50. The molecule has 38 heavy (non-hydrogen) atoms. The number of rotatable bonds is 5. The Labute approximate surface area is 222 Å². The Morgan fingerprint density at radius 1 is 0.921 bits per heavy atom. The van der Waals surface area contributed by atoms with Crippen LogP contribution in [0.5, 0.6) is 11.5 Å². The number of amides is 3. The third-order valence-corrected chi connectivity index (χ3v) is 7.50. The Kier molecular flexibility index (Phi) is 7.57. The van der Waals surface area contributed by atoms with Crippen LogP contribution in [0.15, 0.2) is 42.5 Å². The number of piperidine rings is 2. The van der Waals surface area contributed by atoms with E-state index in [2.05, 4.69) is 0 Å². The van der Waals surface area contributed by atoms with Gasteiger partial charge in [0.1, 0.15) is 24.2 Å². The Balaban J connectivity index is 1.20. The van der Waals surface area contributed by atoms with Gasteiger partial charge in [-0.2, -0.15) is 0 Å². The number of methoxy groups -OCH3 is 2. The van der Waals surface area contributed by atoms with Crippen molar-refractivity contribution in [3.8, 4) is 11.5 Å². The van der Waals surface area contributed by atoms with Crippen molar-refractivity contribution in [1.29, 1.82) is 0 Å². The molecule has 2 aromatic rings. The van der Waals surface area contributed by atoms with Gasteiger partial charge in [-0.15, -0.1) is 0 Å². The van der Waals surface area contributed by atoms with Crippen molar-refractivity contribution >= 4 is 23.8 Å². The highest BCUT2D eigenvalue weighted by atomic mass is 16.6. The van der Waals surface area contributed by atoms with Crippen LogP contribution >= 0.6 is 0 Å². The number of likely N-dealkylation sites (tertiary alicyclic amines) is 2. The minimum absolute atomic E-state index is 0.0312. The molecule has 0 unspecified atom stereocenters. The lowest BCUT2D eigenvalue weighted by Gasteiger charge is -2.40. The molecule has 0 bridgehead atoms. The number of para-hydroxylation sites is 1. The summed E-state index contributed by atoms with van der Waals surface area (Å²) in [6.45, 7) is 2.48. The number of carbonyl (C=O) groups is 3. The minimum atomic E-state index is -0.332. The lowest BCUT2D eigenvalue weighted by atomic mass is 10.00. The summed E-state index contributed by atoms with van der Waals surface area (Å²) in [6.07, 6.45) is 2.02. The number of ether oxygens (including phenoxy) is 4. The van der Waals surface area contributed by atoms with Crippen LogP contribution in [0, 0.1) is 0 Å². The van der Waals surface area contributed by atoms with E-state index < -0.39 is 0 Å². The first-order chi connectivity index (χ1) is 18.5. The highest BCUT2D eigenvalue weighted by Crippen LogP contribution is 2.33. The number of cyclic esters (lactones) is 1. The van der Waals surface area contributed by atoms with Crippen LogP contribution < -0.4 is 14.4 Å². The van der Waals surface area contributed by atoms with Gasteiger partial charge in [0, 0.05) is 56.7 Å². The van der Waals surface area contributed by atoms with E-state index in [1.807, 2.05) is 24.3 Å². The summed E-state index contributed by atoms with van der Waals surface area (Å²) in [5.74, 6) is 0.964. The number of hydrogen-bond donors (Lipinski definition) is 0. The fraction of sp³-hybridized carbons (Fsp3) is 0.464. The molecule has 10 nitrogen and oxygen atoms in total. The standard InChI is InChI=1S/C28H33N3O7/c1-35-25-17-22(38-21-11-15-30(16-12-21)27(33)36-2)7-8-23(25)26(32)29-13-9-20(10-14-29)31-24-6-4-3-5-19(24)18-37-28(31)34/h3-8,17,20-21H,9-16,18H2,1-2H3. The maximum Gasteiger partial charge on any atom is 0.414 e. The zero-order valence-corrected chi connectivity index (χ0v) is 21.8. The monoisotopic (exact) mass is 523 g/mol. The second-order valence-corrected chi connectivity index (χ2v) is 9.71. The molecule has 2 fully saturated rings. The molecule has 0 spiro atoms. The highest BCUT2D eigenvalue weighted by Gasteiger charge is 2.35. The third kappa shape index (κ3) is 5.20. The molecule has 0 aromatic heterocycles. The number of fused-ring (bicyclic) bond motifs is 1. The molecule has 10 heteroatoms. The maximum absolute atomic E-state index is 13.4. The van der Waals surface area contributed by atoms with Crippen molar-refractivity contribution in [1.82, 2.24) is 9.80 Å². The first-order valence-corrected chi connectivity index (χ1v) is 13.0. The first kappa shape index (κ1) is 25.7. The van der Waals surface area contributed by atoms with Gasteiger partial charge in [-0.3, -0.25) is 9.69 Å². The summed E-state index contributed by atoms with van der Waals surface area (Å²) in [7, 11) is 2.92. The molecule has 0 aliphatic carbocycles. The van der Waals surface area contributed by atoms with Crippen LogP contribution in [0.4, 0.5) is 15.3 Å². The Bertz CT molecular complexity index is 1190. The summed E-state index contributed by atoms with van der Waals surface area (Å²) in [5.41, 5.74) is 2.36. The van der Waals surface area contributed by atoms with Crippen molar-refractivity contribution in [2.24, 2.45) is 0 Å². The maximum atomic E-state index is 13.4. The van der Waals surface area contributed by atoms with E-state index in [4.69, 9.17) is 18.9 Å². The molecule has 0 radical (unpaired) electrons. The highest BCUT2D eigenvalue weighted by molar-refractivity contribution is 5.97. The van der Waals surface area contributed by atoms with Gasteiger partial charge in [-0.25, -0.2) is 9.59 Å². The van der Waals surface area contributed by atoms with Crippen LogP contribution in [-0.4, -0.2) is 80.4 Å². The van der Waals surface area contributed by atoms with Crippen LogP contribution in [0.1, 0.15) is 41.6 Å². The number of carbonyl (C=O) groups excluding carboxylic acids is 3. The van der Waals surface area contributed by atoms with Crippen molar-refractivity contribution in [2.75, 3.05) is 45.3 Å². The second-order valence-electron chi connectivity index (χ2n) is 9.71. The summed E-state index contributed by atoms with van der Waals surface area (Å²) < 4.78 is 21.9. The number of hydrogen-bond acceptors (Lipinski definition) is 7. The predicted molar refractivity (Wildman–Crippen MR) is 139 cm³/mol. The van der Waals surface area contributed by atoms with Gasteiger partial charge in [-0.05, 0) is 31.0 Å². The molecule has 2 saturated heterocycles. The Morgan fingerprint density at radius 3 is 2.34 bits per heavy atom. The average molecular weight is 524 g/mol. The molecule has 3 aliphatic rings. The summed E-state index contributed by atoms with van der Waals surface area (Å²) >= 11 is 0. The summed E-state index contributed by atoms with van der Waals surface area (Å²) in [6, 6.07) is 13.0. The minimum Gasteiger partial charge on any atom is -0.496 e. The molecule has 3 amide bonds. The SMILES string of the molecule is COC(=O)N1CCC(Oc2ccc(C(=O)N3CCC(N4C(=O)OCc5ccccc54)CC3)c(OC)c2)CC1. The summed E-state index contributed by atoms with van der Waals surface area (Å²) in [5, 5.41) is 0. The van der Waals surface area contributed by atoms with E-state index in [9.17, 15) is 14.4 Å². The molecule has 3 heterocycles. The van der Waals surface area contributed by atoms with E-state index in [0.29, 0.717) is 68.9 Å². The molecule has 3 aliphatic heterocycles. The van der Waals surface area contributed by atoms with Crippen molar-refractivity contribution in [3.05, 3.63) is 53.6 Å². The molecule has 5 rings (SSSR count).